The summed E-state index contributed by atoms with van der Waals surface area (Å²) in [5, 5.41) is 12.9. The predicted octanol–water partition coefficient (Wildman–Crippen LogP) is 11.9. The van der Waals surface area contributed by atoms with Gasteiger partial charge in [-0.15, -0.1) is 22.7 Å². The minimum atomic E-state index is -0.313. The van der Waals surface area contributed by atoms with Crippen LogP contribution in [0.4, 0.5) is 5.69 Å². The van der Waals surface area contributed by atoms with Crippen molar-refractivity contribution in [3.8, 4) is 0 Å². The fourth-order valence-electron chi connectivity index (χ4n) is 7.82. The number of hydrogen-bond acceptors (Lipinski definition) is 4. The van der Waals surface area contributed by atoms with Crippen LogP contribution in [0.15, 0.2) is 126 Å². The van der Waals surface area contributed by atoms with Crippen LogP contribution in [0.25, 0.3) is 68.9 Å². The Kier molecular flexibility index (Phi) is 5.32. The zero-order chi connectivity index (χ0) is 30.6. The number of aliphatic imine (C=N–C) groups is 1. The molecule has 47 heavy (non-hydrogen) atoms. The Bertz CT molecular complexity index is 2840. The SMILES string of the molecule is C1=Cc2cc3c4cc5ccccc5cc4n(C4N=C(c5ccc6c(c5)sc5ccccc56)c5sc6ccccc6c5N4)c3cc2CC1. The van der Waals surface area contributed by atoms with Crippen LogP contribution in [-0.2, 0) is 6.42 Å². The first-order valence-corrected chi connectivity index (χ1v) is 17.8. The molecule has 0 saturated carbocycles. The van der Waals surface area contributed by atoms with Gasteiger partial charge in [0.25, 0.3) is 0 Å². The van der Waals surface area contributed by atoms with E-state index < -0.39 is 0 Å². The molecular weight excluding hydrogens is 611 g/mol. The first-order chi connectivity index (χ1) is 23.3. The predicted molar refractivity (Wildman–Crippen MR) is 204 cm³/mol. The smallest absolute Gasteiger partial charge is 0.201 e. The number of nitrogens with zero attached hydrogens (tertiary/aromatic N) is 2. The second kappa shape index (κ2) is 9.64. The topological polar surface area (TPSA) is 29.3 Å². The van der Waals surface area contributed by atoms with Crippen molar-refractivity contribution in [1.82, 2.24) is 4.57 Å². The molecule has 5 heteroatoms. The molecule has 0 spiro atoms. The fraction of sp³-hybridized carbons (Fsp3) is 0.0714. The van der Waals surface area contributed by atoms with Crippen LogP contribution in [0.3, 0.4) is 0 Å². The molecule has 6 aromatic carbocycles. The van der Waals surface area contributed by atoms with Gasteiger partial charge in [0.2, 0.25) is 6.29 Å². The highest BCUT2D eigenvalue weighted by molar-refractivity contribution is 7.26. The van der Waals surface area contributed by atoms with Crippen LogP contribution in [0.2, 0.25) is 0 Å². The van der Waals surface area contributed by atoms with Crippen LogP contribution in [0.5, 0.6) is 0 Å². The quantitative estimate of drug-likeness (QED) is 0.201. The lowest BCUT2D eigenvalue weighted by Crippen LogP contribution is -2.24. The maximum atomic E-state index is 5.65. The molecule has 0 saturated heterocycles. The van der Waals surface area contributed by atoms with E-state index in [4.69, 9.17) is 4.99 Å². The lowest BCUT2D eigenvalue weighted by molar-refractivity contribution is 0.626. The van der Waals surface area contributed by atoms with E-state index in [2.05, 4.69) is 137 Å². The molecule has 1 aliphatic heterocycles. The summed E-state index contributed by atoms with van der Waals surface area (Å²) in [4.78, 5) is 6.86. The Morgan fingerprint density at radius 1 is 0.638 bits per heavy atom. The van der Waals surface area contributed by atoms with E-state index in [1.54, 1.807) is 0 Å². The van der Waals surface area contributed by atoms with Gasteiger partial charge in [-0.3, -0.25) is 0 Å². The Hall–Kier alpha value is -5.23. The second-order valence-electron chi connectivity index (χ2n) is 12.7. The van der Waals surface area contributed by atoms with Crippen LogP contribution in [0, 0.1) is 0 Å². The van der Waals surface area contributed by atoms with Crippen LogP contribution in [0.1, 0.15) is 34.3 Å². The molecular formula is C42H27N3S2. The number of aromatic nitrogens is 1. The van der Waals surface area contributed by atoms with Crippen LogP contribution >= 0.6 is 22.7 Å². The molecule has 0 amide bonds. The van der Waals surface area contributed by atoms with Gasteiger partial charge in [0, 0.05) is 46.6 Å². The van der Waals surface area contributed by atoms with Gasteiger partial charge in [0.1, 0.15) is 0 Å². The molecule has 2 aliphatic rings. The molecule has 4 heterocycles. The van der Waals surface area contributed by atoms with Crippen molar-refractivity contribution >= 4 is 103 Å². The number of anilines is 1. The summed E-state index contributed by atoms with van der Waals surface area (Å²) in [6.07, 6.45) is 6.43. The molecule has 1 atom stereocenters. The van der Waals surface area contributed by atoms with E-state index in [1.165, 1.54) is 84.5 Å². The highest BCUT2D eigenvalue weighted by atomic mass is 32.1. The van der Waals surface area contributed by atoms with Gasteiger partial charge in [0.05, 0.1) is 27.3 Å². The number of fused-ring (bicyclic) bond motifs is 11. The molecule has 9 aromatic rings. The largest absolute Gasteiger partial charge is 0.345 e. The summed E-state index contributed by atoms with van der Waals surface area (Å²) < 4.78 is 6.36. The Morgan fingerprint density at radius 2 is 1.36 bits per heavy atom. The summed E-state index contributed by atoms with van der Waals surface area (Å²) in [5.74, 6) is 0. The molecule has 1 unspecified atom stereocenters. The molecule has 0 bridgehead atoms. The molecule has 11 rings (SSSR count). The molecule has 1 N–H and O–H groups in total. The summed E-state index contributed by atoms with van der Waals surface area (Å²) >= 11 is 3.70. The van der Waals surface area contributed by atoms with Gasteiger partial charge >= 0.3 is 0 Å². The lowest BCUT2D eigenvalue weighted by Gasteiger charge is -2.27. The number of allylic oxidation sites excluding steroid dienone is 1. The lowest BCUT2D eigenvalue weighted by atomic mass is 9.95. The Balaban J connectivity index is 1.21. The zero-order valence-electron chi connectivity index (χ0n) is 25.3. The van der Waals surface area contributed by atoms with Gasteiger partial charge in [-0.05, 0) is 77.2 Å². The normalized spacial score (nSPS) is 15.9. The molecule has 0 fully saturated rings. The van der Waals surface area contributed by atoms with Gasteiger partial charge in [-0.2, -0.15) is 0 Å². The number of rotatable bonds is 2. The summed E-state index contributed by atoms with van der Waals surface area (Å²) in [6, 6.07) is 42.7. The van der Waals surface area contributed by atoms with Crippen molar-refractivity contribution < 1.29 is 0 Å². The van der Waals surface area contributed by atoms with Crippen molar-refractivity contribution in [2.75, 3.05) is 5.32 Å². The minimum Gasteiger partial charge on any atom is -0.345 e. The monoisotopic (exact) mass is 637 g/mol. The molecule has 3 aromatic heterocycles. The first kappa shape index (κ1) is 25.9. The van der Waals surface area contributed by atoms with Crippen molar-refractivity contribution in [1.29, 1.82) is 0 Å². The van der Waals surface area contributed by atoms with Crippen molar-refractivity contribution in [3.05, 3.63) is 143 Å². The van der Waals surface area contributed by atoms with E-state index in [-0.39, 0.29) is 6.29 Å². The van der Waals surface area contributed by atoms with E-state index >= 15 is 0 Å². The highest BCUT2D eigenvalue weighted by Gasteiger charge is 2.29. The Morgan fingerprint density at radius 3 is 2.26 bits per heavy atom. The number of nitrogens with one attached hydrogen (secondary N) is 1. The molecule has 222 valence electrons. The molecule has 0 radical (unpaired) electrons. The number of thiophene rings is 2. The van der Waals surface area contributed by atoms with Crippen LogP contribution in [-0.4, -0.2) is 10.3 Å². The van der Waals surface area contributed by atoms with E-state index in [0.717, 1.165) is 24.1 Å². The van der Waals surface area contributed by atoms with E-state index in [9.17, 15) is 0 Å². The summed E-state index contributed by atoms with van der Waals surface area (Å²) in [6.45, 7) is 0. The number of benzene rings is 6. The fourth-order valence-corrected chi connectivity index (χ4v) is 10.1. The maximum Gasteiger partial charge on any atom is 0.201 e. The van der Waals surface area contributed by atoms with Crippen molar-refractivity contribution in [3.63, 3.8) is 0 Å². The third-order valence-corrected chi connectivity index (χ3v) is 12.4. The molecule has 1 aliphatic carbocycles. The molecule has 3 nitrogen and oxygen atoms in total. The number of hydrogen-bond donors (Lipinski definition) is 1. The maximum absolute atomic E-state index is 5.65. The average molecular weight is 638 g/mol. The van der Waals surface area contributed by atoms with Gasteiger partial charge in [0.15, 0.2) is 0 Å². The number of aryl methyl sites for hydroxylation is 1. The van der Waals surface area contributed by atoms with Crippen molar-refractivity contribution in [2.45, 2.75) is 19.1 Å². The van der Waals surface area contributed by atoms with Gasteiger partial charge < -0.3 is 9.88 Å². The van der Waals surface area contributed by atoms with Gasteiger partial charge in [-0.25, -0.2) is 4.99 Å². The van der Waals surface area contributed by atoms with Crippen LogP contribution < -0.4 is 5.32 Å². The first-order valence-electron chi connectivity index (χ1n) is 16.2. The van der Waals surface area contributed by atoms with Gasteiger partial charge in [-0.1, -0.05) is 84.9 Å². The van der Waals surface area contributed by atoms with E-state index in [0.29, 0.717) is 0 Å². The minimum absolute atomic E-state index is 0.313. The summed E-state index contributed by atoms with van der Waals surface area (Å²) in [5.41, 5.74) is 8.57. The standard InChI is InChI=1S/C42H27N3S2/c1-3-11-26-21-34-32(19-24(26)9-1)33-20-25-10-2-4-12-27(25)22-35(33)45(34)42-43-39(41-40(44-42)31-14-6-8-16-37(31)47-41)28-17-18-30-29-13-5-7-15-36(29)46-38(30)23-28/h1-3,5-11,13-23,42,44H,4,12H2. The second-order valence-corrected chi connectivity index (χ2v) is 14.8. The Labute approximate surface area is 278 Å². The zero-order valence-corrected chi connectivity index (χ0v) is 27.0. The third kappa shape index (κ3) is 3.75. The third-order valence-electron chi connectivity index (χ3n) is 10.0. The van der Waals surface area contributed by atoms with Crippen molar-refractivity contribution in [2.24, 2.45) is 4.99 Å². The highest BCUT2D eigenvalue weighted by Crippen LogP contribution is 2.45. The van der Waals surface area contributed by atoms with E-state index in [1.807, 2.05) is 22.7 Å². The summed E-state index contributed by atoms with van der Waals surface area (Å²) in [7, 11) is 0. The average Bonchev–Trinajstić information content (AvgIpc) is 3.78.